The Morgan fingerprint density at radius 1 is 1.33 bits per heavy atom. The Hall–Kier alpha value is -0.830. The quantitative estimate of drug-likeness (QED) is 0.668. The van der Waals surface area contributed by atoms with Crippen molar-refractivity contribution in [1.29, 1.82) is 0 Å². The van der Waals surface area contributed by atoms with Crippen LogP contribution >= 0.6 is 0 Å². The first-order valence-corrected chi connectivity index (χ1v) is 7.33. The topological polar surface area (TPSA) is 29.5 Å². The van der Waals surface area contributed by atoms with Gasteiger partial charge in [0.2, 0.25) is 5.91 Å². The summed E-state index contributed by atoms with van der Waals surface area (Å²) >= 11 is 0. The molecule has 3 heteroatoms. The zero-order chi connectivity index (χ0) is 12.5. The number of carbonyl (C=O) groups is 1. The van der Waals surface area contributed by atoms with Crippen molar-refractivity contribution < 1.29 is 9.53 Å². The highest BCUT2D eigenvalue weighted by molar-refractivity contribution is 5.79. The summed E-state index contributed by atoms with van der Waals surface area (Å²) in [6.07, 6.45) is 10.4. The van der Waals surface area contributed by atoms with Crippen molar-refractivity contribution in [1.82, 2.24) is 4.90 Å². The molecule has 100 valence electrons. The molecule has 0 aromatic carbocycles. The van der Waals surface area contributed by atoms with E-state index in [0.29, 0.717) is 24.0 Å². The maximum atomic E-state index is 12.5. The first kappa shape index (κ1) is 12.2. The number of fused-ring (bicyclic) bond motifs is 1. The van der Waals surface area contributed by atoms with Crippen LogP contribution in [0.25, 0.3) is 0 Å². The number of nitrogens with zero attached hydrogens (tertiary/aromatic N) is 1. The molecule has 2 saturated heterocycles. The molecule has 3 aliphatic rings. The van der Waals surface area contributed by atoms with Crippen LogP contribution in [0.3, 0.4) is 0 Å². The summed E-state index contributed by atoms with van der Waals surface area (Å²) in [6, 6.07) is 0. The van der Waals surface area contributed by atoms with Crippen LogP contribution in [0.5, 0.6) is 0 Å². The van der Waals surface area contributed by atoms with Gasteiger partial charge in [0.1, 0.15) is 0 Å². The van der Waals surface area contributed by atoms with E-state index >= 15 is 0 Å². The van der Waals surface area contributed by atoms with Gasteiger partial charge in [0.05, 0.1) is 12.2 Å². The minimum absolute atomic E-state index is 0.242. The number of allylic oxidation sites excluding steroid dienone is 2. The smallest absolute Gasteiger partial charge is 0.226 e. The Morgan fingerprint density at radius 2 is 2.22 bits per heavy atom. The maximum Gasteiger partial charge on any atom is 0.226 e. The summed E-state index contributed by atoms with van der Waals surface area (Å²) < 4.78 is 5.89. The highest BCUT2D eigenvalue weighted by atomic mass is 16.5. The second kappa shape index (κ2) is 5.04. The minimum Gasteiger partial charge on any atom is -0.375 e. The maximum absolute atomic E-state index is 12.5. The first-order chi connectivity index (χ1) is 8.74. The number of carbonyl (C=O) groups excluding carboxylic acids is 1. The van der Waals surface area contributed by atoms with Crippen LogP contribution in [-0.2, 0) is 9.53 Å². The second-order valence-corrected chi connectivity index (χ2v) is 6.04. The summed E-state index contributed by atoms with van der Waals surface area (Å²) in [6.45, 7) is 3.97. The van der Waals surface area contributed by atoms with Crippen molar-refractivity contribution in [2.24, 2.45) is 11.8 Å². The molecule has 1 amide bonds. The van der Waals surface area contributed by atoms with Crippen LogP contribution in [0.1, 0.15) is 39.0 Å². The lowest BCUT2D eigenvalue weighted by Crippen LogP contribution is -2.46. The molecule has 2 aliphatic heterocycles. The van der Waals surface area contributed by atoms with E-state index in [4.69, 9.17) is 4.74 Å². The first-order valence-electron chi connectivity index (χ1n) is 7.33. The molecule has 3 nitrogen and oxygen atoms in total. The Bertz CT molecular complexity index is 352. The lowest BCUT2D eigenvalue weighted by molar-refractivity contribution is -0.139. The zero-order valence-corrected chi connectivity index (χ0v) is 11.2. The third kappa shape index (κ3) is 2.33. The molecule has 2 fully saturated rings. The number of rotatable bonds is 1. The van der Waals surface area contributed by atoms with E-state index in [2.05, 4.69) is 24.0 Å². The number of amides is 1. The number of ether oxygens (including phenoxy) is 1. The molecule has 2 heterocycles. The summed E-state index contributed by atoms with van der Waals surface area (Å²) in [7, 11) is 0. The van der Waals surface area contributed by atoms with Crippen LogP contribution < -0.4 is 0 Å². The van der Waals surface area contributed by atoms with Crippen molar-refractivity contribution in [3.8, 4) is 0 Å². The summed E-state index contributed by atoms with van der Waals surface area (Å²) in [4.78, 5) is 14.6. The number of hydrogen-bond donors (Lipinski definition) is 0. The molecular weight excluding hydrogens is 226 g/mol. The molecule has 0 N–H and O–H groups in total. The van der Waals surface area contributed by atoms with Gasteiger partial charge in [-0.1, -0.05) is 12.2 Å². The van der Waals surface area contributed by atoms with Gasteiger partial charge in [0.15, 0.2) is 0 Å². The molecule has 4 atom stereocenters. The number of piperidine rings is 1. The number of likely N-dealkylation sites (tertiary alicyclic amines) is 1. The summed E-state index contributed by atoms with van der Waals surface area (Å²) in [5, 5.41) is 0. The van der Waals surface area contributed by atoms with E-state index < -0.39 is 0 Å². The Labute approximate surface area is 109 Å². The second-order valence-electron chi connectivity index (χ2n) is 6.04. The summed E-state index contributed by atoms with van der Waals surface area (Å²) in [5.41, 5.74) is 0. The number of hydrogen-bond acceptors (Lipinski definition) is 2. The molecular formula is C15H23NO2. The monoisotopic (exact) mass is 249 g/mol. The van der Waals surface area contributed by atoms with Crippen LogP contribution in [0.15, 0.2) is 12.2 Å². The molecule has 0 aromatic rings. The van der Waals surface area contributed by atoms with Crippen LogP contribution in [0.4, 0.5) is 0 Å². The van der Waals surface area contributed by atoms with Gasteiger partial charge in [-0.05, 0) is 39.0 Å². The fraction of sp³-hybridized carbons (Fsp3) is 0.800. The predicted octanol–water partition coefficient (Wildman–Crippen LogP) is 2.37. The van der Waals surface area contributed by atoms with Crippen LogP contribution in [0.2, 0.25) is 0 Å². The molecule has 3 rings (SSSR count). The van der Waals surface area contributed by atoms with Crippen LogP contribution in [-0.4, -0.2) is 36.1 Å². The van der Waals surface area contributed by atoms with Crippen molar-refractivity contribution in [3.05, 3.63) is 12.2 Å². The third-order valence-electron chi connectivity index (χ3n) is 4.64. The SMILES string of the molecule is C[C@H]1C[C@H]2CN(C(=O)[C@H]3CC=CCC3)CC[C@H]2O1. The van der Waals surface area contributed by atoms with Gasteiger partial charge in [-0.2, -0.15) is 0 Å². The van der Waals surface area contributed by atoms with E-state index in [1.807, 2.05) is 0 Å². The van der Waals surface area contributed by atoms with Gasteiger partial charge in [-0.3, -0.25) is 4.79 Å². The molecule has 1 aliphatic carbocycles. The van der Waals surface area contributed by atoms with Gasteiger partial charge in [0.25, 0.3) is 0 Å². The fourth-order valence-corrected chi connectivity index (χ4v) is 3.67. The molecule has 0 spiro atoms. The Balaban J connectivity index is 1.60. The molecule has 18 heavy (non-hydrogen) atoms. The van der Waals surface area contributed by atoms with Crippen molar-refractivity contribution in [2.45, 2.75) is 51.2 Å². The zero-order valence-electron chi connectivity index (χ0n) is 11.2. The highest BCUT2D eigenvalue weighted by Gasteiger charge is 2.39. The van der Waals surface area contributed by atoms with E-state index in [0.717, 1.165) is 45.2 Å². The van der Waals surface area contributed by atoms with Gasteiger partial charge in [-0.15, -0.1) is 0 Å². The Morgan fingerprint density at radius 3 is 3.00 bits per heavy atom. The highest BCUT2D eigenvalue weighted by Crippen LogP contribution is 2.33. The molecule has 0 unspecified atom stereocenters. The summed E-state index contributed by atoms with van der Waals surface area (Å²) in [5.74, 6) is 1.21. The lowest BCUT2D eigenvalue weighted by Gasteiger charge is -2.36. The standard InChI is InChI=1S/C15H23NO2/c1-11-9-13-10-16(8-7-14(13)18-11)15(17)12-5-3-2-4-6-12/h2-3,11-14H,4-10H2,1H3/t11-,12-,13-,14+/m0/s1. The van der Waals surface area contributed by atoms with Gasteiger partial charge >= 0.3 is 0 Å². The van der Waals surface area contributed by atoms with E-state index in [-0.39, 0.29) is 5.92 Å². The molecule has 0 aromatic heterocycles. The van der Waals surface area contributed by atoms with E-state index in [1.54, 1.807) is 0 Å². The molecule has 0 saturated carbocycles. The van der Waals surface area contributed by atoms with Gasteiger partial charge in [-0.25, -0.2) is 0 Å². The Kier molecular flexibility index (Phi) is 3.42. The lowest BCUT2D eigenvalue weighted by atomic mass is 9.89. The van der Waals surface area contributed by atoms with Gasteiger partial charge in [0, 0.05) is 24.9 Å². The molecule has 0 radical (unpaired) electrons. The third-order valence-corrected chi connectivity index (χ3v) is 4.64. The average molecular weight is 249 g/mol. The predicted molar refractivity (Wildman–Crippen MR) is 70.1 cm³/mol. The minimum atomic E-state index is 0.242. The largest absolute Gasteiger partial charge is 0.375 e. The fourth-order valence-electron chi connectivity index (χ4n) is 3.67. The normalized spacial score (nSPS) is 39.7. The average Bonchev–Trinajstić information content (AvgIpc) is 2.78. The van der Waals surface area contributed by atoms with Crippen molar-refractivity contribution in [3.63, 3.8) is 0 Å². The van der Waals surface area contributed by atoms with Crippen LogP contribution in [0, 0.1) is 11.8 Å². The van der Waals surface area contributed by atoms with E-state index in [9.17, 15) is 4.79 Å². The molecule has 0 bridgehead atoms. The van der Waals surface area contributed by atoms with Gasteiger partial charge < -0.3 is 9.64 Å². The van der Waals surface area contributed by atoms with Crippen molar-refractivity contribution in [2.75, 3.05) is 13.1 Å². The van der Waals surface area contributed by atoms with E-state index in [1.165, 1.54) is 0 Å². The van der Waals surface area contributed by atoms with Crippen molar-refractivity contribution >= 4 is 5.91 Å².